The van der Waals surface area contributed by atoms with Gasteiger partial charge in [0.15, 0.2) is 5.96 Å². The highest BCUT2D eigenvalue weighted by Gasteiger charge is 2.34. The number of fused-ring (bicyclic) bond motifs is 1. The van der Waals surface area contributed by atoms with E-state index in [4.69, 9.17) is 0 Å². The number of hydrogen-bond donors (Lipinski definition) is 2. The van der Waals surface area contributed by atoms with Crippen molar-refractivity contribution in [2.75, 3.05) is 33.2 Å². The van der Waals surface area contributed by atoms with Crippen molar-refractivity contribution >= 4 is 17.3 Å². The molecule has 0 amide bonds. The highest BCUT2D eigenvalue weighted by Crippen LogP contribution is 2.42. The number of nitrogens with one attached hydrogen (secondary N) is 2. The van der Waals surface area contributed by atoms with Gasteiger partial charge in [0.25, 0.3) is 0 Å². The average Bonchev–Trinajstić information content (AvgIpc) is 3.00. The molecule has 1 fully saturated rings. The lowest BCUT2D eigenvalue weighted by atomic mass is 9.67. The molecule has 2 N–H and O–H groups in total. The van der Waals surface area contributed by atoms with Crippen LogP contribution in [0, 0.1) is 5.41 Å². The van der Waals surface area contributed by atoms with Gasteiger partial charge in [-0.3, -0.25) is 9.89 Å². The largest absolute Gasteiger partial charge is 0.356 e. The van der Waals surface area contributed by atoms with Crippen LogP contribution >= 0.6 is 11.3 Å². The minimum Gasteiger partial charge on any atom is -0.356 e. The molecule has 128 valence electrons. The van der Waals surface area contributed by atoms with E-state index in [9.17, 15) is 0 Å². The maximum absolute atomic E-state index is 4.37. The molecule has 0 bridgehead atoms. The molecule has 4 nitrogen and oxygen atoms in total. The van der Waals surface area contributed by atoms with Gasteiger partial charge in [-0.25, -0.2) is 0 Å². The van der Waals surface area contributed by atoms with Crippen LogP contribution in [0.4, 0.5) is 0 Å². The third-order valence-electron chi connectivity index (χ3n) is 5.63. The van der Waals surface area contributed by atoms with Gasteiger partial charge in [-0.2, -0.15) is 0 Å². The maximum atomic E-state index is 4.37. The van der Waals surface area contributed by atoms with E-state index in [0.717, 1.165) is 32.1 Å². The Morgan fingerprint density at radius 3 is 2.96 bits per heavy atom. The molecule has 23 heavy (non-hydrogen) atoms. The van der Waals surface area contributed by atoms with Crippen LogP contribution in [-0.4, -0.2) is 44.1 Å². The molecule has 2 heterocycles. The summed E-state index contributed by atoms with van der Waals surface area (Å²) in [6, 6.07) is 2.28. The zero-order chi connectivity index (χ0) is 16.1. The van der Waals surface area contributed by atoms with E-state index in [1.807, 2.05) is 18.4 Å². The van der Waals surface area contributed by atoms with Gasteiger partial charge in [0.2, 0.25) is 0 Å². The van der Waals surface area contributed by atoms with E-state index in [-0.39, 0.29) is 0 Å². The van der Waals surface area contributed by atoms with Gasteiger partial charge < -0.3 is 10.6 Å². The Bertz CT molecular complexity index is 527. The van der Waals surface area contributed by atoms with E-state index >= 15 is 0 Å². The lowest BCUT2D eigenvalue weighted by molar-refractivity contribution is 0.131. The van der Waals surface area contributed by atoms with Crippen molar-refractivity contribution in [1.82, 2.24) is 15.5 Å². The van der Waals surface area contributed by atoms with Crippen molar-refractivity contribution in [3.8, 4) is 0 Å². The smallest absolute Gasteiger partial charge is 0.191 e. The fourth-order valence-corrected chi connectivity index (χ4v) is 4.54. The number of aliphatic imine (C=N–C) groups is 1. The fourth-order valence-electron chi connectivity index (χ4n) is 3.65. The molecule has 1 aliphatic heterocycles. The van der Waals surface area contributed by atoms with E-state index < -0.39 is 0 Å². The molecule has 1 aromatic rings. The van der Waals surface area contributed by atoms with Crippen molar-refractivity contribution in [2.45, 2.75) is 45.6 Å². The van der Waals surface area contributed by atoms with Crippen molar-refractivity contribution in [1.29, 1.82) is 0 Å². The van der Waals surface area contributed by atoms with Gasteiger partial charge in [0.1, 0.15) is 0 Å². The Labute approximate surface area is 144 Å². The predicted octanol–water partition coefficient (Wildman–Crippen LogP) is 2.85. The van der Waals surface area contributed by atoms with E-state index in [0.29, 0.717) is 5.41 Å². The highest BCUT2D eigenvalue weighted by atomic mass is 32.1. The first kappa shape index (κ1) is 16.8. The summed E-state index contributed by atoms with van der Waals surface area (Å²) in [6.07, 6.45) is 6.60. The molecule has 5 heteroatoms. The lowest BCUT2D eigenvalue weighted by Gasteiger charge is -2.41. The predicted molar refractivity (Wildman–Crippen MR) is 99.2 cm³/mol. The summed E-state index contributed by atoms with van der Waals surface area (Å²) in [7, 11) is 1.87. The van der Waals surface area contributed by atoms with Crippen molar-refractivity contribution < 1.29 is 0 Å². The summed E-state index contributed by atoms with van der Waals surface area (Å²) in [4.78, 5) is 8.49. The number of guanidine groups is 1. The molecule has 0 atom stereocenters. The topological polar surface area (TPSA) is 39.7 Å². The van der Waals surface area contributed by atoms with Crippen LogP contribution in [0.5, 0.6) is 0 Å². The van der Waals surface area contributed by atoms with Crippen LogP contribution in [0.1, 0.15) is 43.0 Å². The third-order valence-corrected chi connectivity index (χ3v) is 6.65. The Hall–Kier alpha value is -1.07. The molecule has 0 radical (unpaired) electrons. The number of hydrogen-bond acceptors (Lipinski definition) is 3. The lowest BCUT2D eigenvalue weighted by Crippen LogP contribution is -2.47. The monoisotopic (exact) mass is 334 g/mol. The Balaban J connectivity index is 1.37. The Morgan fingerprint density at radius 2 is 2.26 bits per heavy atom. The molecule has 1 saturated carbocycles. The quantitative estimate of drug-likeness (QED) is 0.621. The minimum absolute atomic E-state index is 0.528. The number of nitrogens with zero attached hydrogens (tertiary/aromatic N) is 2. The summed E-state index contributed by atoms with van der Waals surface area (Å²) >= 11 is 1.91. The van der Waals surface area contributed by atoms with Gasteiger partial charge in [-0.15, -0.1) is 11.3 Å². The van der Waals surface area contributed by atoms with Crippen LogP contribution in [0.25, 0.3) is 0 Å². The SMILES string of the molecule is CCC1(CNC(=NC)NCCN2CCc3sccc3C2)CCC1. The molecule has 1 aromatic heterocycles. The van der Waals surface area contributed by atoms with E-state index in [1.165, 1.54) is 44.2 Å². The summed E-state index contributed by atoms with van der Waals surface area (Å²) in [5.41, 5.74) is 2.05. The van der Waals surface area contributed by atoms with Crippen molar-refractivity contribution in [2.24, 2.45) is 10.4 Å². The second-order valence-electron chi connectivity index (χ2n) is 6.95. The normalized spacial score (nSPS) is 20.7. The minimum atomic E-state index is 0.528. The van der Waals surface area contributed by atoms with Crippen molar-refractivity contribution in [3.05, 3.63) is 21.9 Å². The van der Waals surface area contributed by atoms with Crippen LogP contribution in [0.2, 0.25) is 0 Å². The molecule has 0 unspecified atom stereocenters. The second kappa shape index (κ2) is 7.67. The van der Waals surface area contributed by atoms with Crippen LogP contribution in [-0.2, 0) is 13.0 Å². The molecule has 0 aromatic carbocycles. The molecule has 2 aliphatic rings. The summed E-state index contributed by atoms with van der Waals surface area (Å²) in [5.74, 6) is 0.956. The first-order valence-corrected chi connectivity index (χ1v) is 9.85. The molecule has 3 rings (SSSR count). The Kier molecular flexibility index (Phi) is 5.59. The summed E-state index contributed by atoms with van der Waals surface area (Å²) in [5, 5.41) is 9.24. The third kappa shape index (κ3) is 4.07. The number of rotatable bonds is 6. The average molecular weight is 335 g/mol. The van der Waals surface area contributed by atoms with Crippen molar-refractivity contribution in [3.63, 3.8) is 0 Å². The van der Waals surface area contributed by atoms with Gasteiger partial charge in [-0.1, -0.05) is 13.3 Å². The number of thiophene rings is 1. The zero-order valence-corrected chi connectivity index (χ0v) is 15.3. The molecule has 1 aliphatic carbocycles. The molecular formula is C18H30N4S. The first-order chi connectivity index (χ1) is 11.2. The first-order valence-electron chi connectivity index (χ1n) is 8.97. The summed E-state index contributed by atoms with van der Waals surface area (Å²) in [6.45, 7) is 7.69. The molecular weight excluding hydrogens is 304 g/mol. The van der Waals surface area contributed by atoms with Gasteiger partial charge in [-0.05, 0) is 48.1 Å². The van der Waals surface area contributed by atoms with Gasteiger partial charge in [0, 0.05) is 44.6 Å². The zero-order valence-electron chi connectivity index (χ0n) is 14.5. The second-order valence-corrected chi connectivity index (χ2v) is 7.96. The Morgan fingerprint density at radius 1 is 1.39 bits per heavy atom. The van der Waals surface area contributed by atoms with Gasteiger partial charge >= 0.3 is 0 Å². The van der Waals surface area contributed by atoms with Crippen LogP contribution in [0.3, 0.4) is 0 Å². The van der Waals surface area contributed by atoms with Gasteiger partial charge in [0.05, 0.1) is 0 Å². The standard InChI is InChI=1S/C18H30N4S/c1-3-18(7-4-8-18)14-21-17(19-2)20-9-11-22-10-5-16-15(13-22)6-12-23-16/h6,12H,3-5,7-11,13-14H2,1-2H3,(H2,19,20,21). The fraction of sp³-hybridized carbons (Fsp3) is 0.722. The van der Waals surface area contributed by atoms with E-state index in [2.05, 4.69) is 38.9 Å². The van der Waals surface area contributed by atoms with Crippen LogP contribution in [0.15, 0.2) is 16.4 Å². The van der Waals surface area contributed by atoms with Crippen LogP contribution < -0.4 is 10.6 Å². The molecule has 0 saturated heterocycles. The highest BCUT2D eigenvalue weighted by molar-refractivity contribution is 7.10. The maximum Gasteiger partial charge on any atom is 0.191 e. The molecule has 0 spiro atoms. The summed E-state index contributed by atoms with van der Waals surface area (Å²) < 4.78 is 0. The van der Waals surface area contributed by atoms with E-state index in [1.54, 1.807) is 4.88 Å².